The third-order valence-electron chi connectivity index (χ3n) is 3.42. The van der Waals surface area contributed by atoms with Gasteiger partial charge in [0, 0.05) is 10.7 Å². The molecule has 1 heterocycles. The van der Waals surface area contributed by atoms with Gasteiger partial charge in [0.25, 0.3) is 5.91 Å². The first-order chi connectivity index (χ1) is 11.1. The fraction of sp³-hybridized carbons (Fsp3) is 0.235. The van der Waals surface area contributed by atoms with Crippen LogP contribution < -0.4 is 5.32 Å². The average molecular weight is 368 g/mol. The molecular formula is C17H15ClFNOS2. The van der Waals surface area contributed by atoms with Crippen molar-refractivity contribution in [3.8, 4) is 0 Å². The number of carbonyl (C=O) groups excluding carboxylic acids is 1. The summed E-state index contributed by atoms with van der Waals surface area (Å²) in [6.45, 7) is 0. The van der Waals surface area contributed by atoms with E-state index in [0.717, 1.165) is 11.5 Å². The fourth-order valence-corrected chi connectivity index (χ4v) is 5.36. The topological polar surface area (TPSA) is 29.1 Å². The van der Waals surface area contributed by atoms with E-state index in [1.165, 1.54) is 30.2 Å². The number of hydrogen-bond donors (Lipinski definition) is 1. The molecule has 2 nitrogen and oxygen atoms in total. The van der Waals surface area contributed by atoms with Gasteiger partial charge in [0.1, 0.15) is 5.82 Å². The number of anilines is 1. The van der Waals surface area contributed by atoms with Gasteiger partial charge in [0.15, 0.2) is 0 Å². The molecule has 1 fully saturated rings. The minimum Gasteiger partial charge on any atom is -0.322 e. The van der Waals surface area contributed by atoms with Gasteiger partial charge in [0.2, 0.25) is 0 Å². The van der Waals surface area contributed by atoms with Gasteiger partial charge >= 0.3 is 0 Å². The largest absolute Gasteiger partial charge is 0.322 e. The molecule has 0 radical (unpaired) electrons. The van der Waals surface area contributed by atoms with E-state index in [0.29, 0.717) is 15.3 Å². The van der Waals surface area contributed by atoms with Crippen LogP contribution in [0.25, 0.3) is 0 Å². The highest BCUT2D eigenvalue weighted by atomic mass is 35.5. The van der Waals surface area contributed by atoms with Crippen molar-refractivity contribution >= 4 is 46.7 Å². The van der Waals surface area contributed by atoms with Crippen molar-refractivity contribution in [3.63, 3.8) is 0 Å². The van der Waals surface area contributed by atoms with Gasteiger partial charge in [-0.2, -0.15) is 0 Å². The van der Waals surface area contributed by atoms with E-state index in [4.69, 9.17) is 11.6 Å². The summed E-state index contributed by atoms with van der Waals surface area (Å²) in [6, 6.07) is 11.7. The maximum atomic E-state index is 13.8. The highest BCUT2D eigenvalue weighted by Gasteiger charge is 2.18. The lowest BCUT2D eigenvalue weighted by Gasteiger charge is -2.21. The number of amides is 1. The van der Waals surface area contributed by atoms with Crippen LogP contribution in [0.15, 0.2) is 42.5 Å². The zero-order chi connectivity index (χ0) is 16.2. The van der Waals surface area contributed by atoms with Crippen molar-refractivity contribution < 1.29 is 9.18 Å². The zero-order valence-electron chi connectivity index (χ0n) is 12.2. The van der Waals surface area contributed by atoms with Crippen molar-refractivity contribution in [2.75, 3.05) is 16.8 Å². The number of hydrogen-bond acceptors (Lipinski definition) is 3. The lowest BCUT2D eigenvalue weighted by molar-refractivity contribution is 0.102. The maximum absolute atomic E-state index is 13.8. The summed E-state index contributed by atoms with van der Waals surface area (Å²) in [7, 11) is 0. The van der Waals surface area contributed by atoms with Crippen LogP contribution in [0.1, 0.15) is 26.9 Å². The summed E-state index contributed by atoms with van der Waals surface area (Å²) in [5, 5.41) is 3.08. The second-order valence-electron chi connectivity index (χ2n) is 5.13. The number of carbonyl (C=O) groups is 1. The minimum absolute atomic E-state index is 0.0516. The third kappa shape index (κ3) is 4.22. The van der Waals surface area contributed by atoms with Crippen molar-refractivity contribution in [2.45, 2.75) is 11.0 Å². The van der Waals surface area contributed by atoms with Gasteiger partial charge in [-0.15, -0.1) is 23.5 Å². The quantitative estimate of drug-likeness (QED) is 0.765. The number of benzene rings is 2. The monoisotopic (exact) mass is 367 g/mol. The van der Waals surface area contributed by atoms with E-state index in [-0.39, 0.29) is 5.56 Å². The molecule has 6 heteroatoms. The molecule has 0 bridgehead atoms. The van der Waals surface area contributed by atoms with E-state index >= 15 is 0 Å². The Labute approximate surface area is 148 Å². The van der Waals surface area contributed by atoms with Gasteiger partial charge in [-0.1, -0.05) is 23.7 Å². The first-order valence-electron chi connectivity index (χ1n) is 7.23. The van der Waals surface area contributed by atoms with Crippen molar-refractivity contribution in [3.05, 3.63) is 64.4 Å². The van der Waals surface area contributed by atoms with E-state index < -0.39 is 11.7 Å². The van der Waals surface area contributed by atoms with Crippen LogP contribution in [0.4, 0.5) is 10.1 Å². The second kappa shape index (κ2) is 7.60. The summed E-state index contributed by atoms with van der Waals surface area (Å²) < 4.78 is 14.2. The SMILES string of the molecule is O=C(Nc1cccc(C2SCCCS2)c1)c1cc(Cl)ccc1F. The number of halogens is 2. The average Bonchev–Trinajstić information content (AvgIpc) is 2.58. The molecule has 1 aliphatic heterocycles. The highest BCUT2D eigenvalue weighted by molar-refractivity contribution is 8.16. The standard InChI is InChI=1S/C17H15ClFNOS2/c18-12-5-6-15(19)14(10-12)16(21)20-13-4-1-3-11(9-13)17-22-7-2-8-23-17/h1,3-6,9-10,17H,2,7-8H2,(H,20,21). The molecule has 0 saturated carbocycles. The lowest BCUT2D eigenvalue weighted by atomic mass is 10.1. The fourth-order valence-electron chi connectivity index (χ4n) is 2.31. The molecule has 0 spiro atoms. The normalized spacial score (nSPS) is 15.4. The van der Waals surface area contributed by atoms with Crippen LogP contribution in [0.2, 0.25) is 5.02 Å². The molecule has 120 valence electrons. The molecule has 1 saturated heterocycles. The summed E-state index contributed by atoms with van der Waals surface area (Å²) in [6.07, 6.45) is 1.23. The third-order valence-corrected chi connectivity index (χ3v) is 6.67. The molecule has 0 aromatic heterocycles. The number of nitrogens with one attached hydrogen (secondary N) is 1. The summed E-state index contributed by atoms with van der Waals surface area (Å²) >= 11 is 9.67. The Morgan fingerprint density at radius 1 is 1.17 bits per heavy atom. The van der Waals surface area contributed by atoms with Crippen LogP contribution in [-0.4, -0.2) is 17.4 Å². The van der Waals surface area contributed by atoms with E-state index in [9.17, 15) is 9.18 Å². The number of thioether (sulfide) groups is 2. The van der Waals surface area contributed by atoms with Gasteiger partial charge in [-0.3, -0.25) is 4.79 Å². The van der Waals surface area contributed by atoms with Gasteiger partial charge in [-0.05, 0) is 53.8 Å². The molecule has 0 atom stereocenters. The predicted octanol–water partition coefficient (Wildman–Crippen LogP) is 5.60. The Hall–Kier alpha value is -1.17. The first-order valence-corrected chi connectivity index (χ1v) is 9.70. The van der Waals surface area contributed by atoms with Crippen LogP contribution in [0, 0.1) is 5.82 Å². The summed E-state index contributed by atoms with van der Waals surface area (Å²) in [5.41, 5.74) is 1.78. The van der Waals surface area contributed by atoms with E-state index in [2.05, 4.69) is 11.4 Å². The smallest absolute Gasteiger partial charge is 0.258 e. The molecule has 1 N–H and O–H groups in total. The molecule has 3 rings (SSSR count). The van der Waals surface area contributed by atoms with E-state index in [1.807, 2.05) is 41.7 Å². The minimum atomic E-state index is -0.582. The molecule has 0 aliphatic carbocycles. The van der Waals surface area contributed by atoms with Crippen LogP contribution >= 0.6 is 35.1 Å². The summed E-state index contributed by atoms with van der Waals surface area (Å²) in [4.78, 5) is 12.3. The van der Waals surface area contributed by atoms with Gasteiger partial charge in [-0.25, -0.2) is 4.39 Å². The van der Waals surface area contributed by atoms with Crippen molar-refractivity contribution in [1.82, 2.24) is 0 Å². The molecule has 23 heavy (non-hydrogen) atoms. The van der Waals surface area contributed by atoms with Crippen LogP contribution in [0.3, 0.4) is 0 Å². The van der Waals surface area contributed by atoms with Gasteiger partial charge < -0.3 is 5.32 Å². The second-order valence-corrected chi connectivity index (χ2v) is 8.29. The highest BCUT2D eigenvalue weighted by Crippen LogP contribution is 2.44. The maximum Gasteiger partial charge on any atom is 0.258 e. The van der Waals surface area contributed by atoms with E-state index in [1.54, 1.807) is 0 Å². The number of rotatable bonds is 3. The lowest BCUT2D eigenvalue weighted by Crippen LogP contribution is -2.14. The summed E-state index contributed by atoms with van der Waals surface area (Å²) in [5.74, 6) is 1.23. The Morgan fingerprint density at radius 2 is 1.96 bits per heavy atom. The predicted molar refractivity (Wildman–Crippen MR) is 98.1 cm³/mol. The molecule has 0 unspecified atom stereocenters. The molecule has 1 amide bonds. The molecular weight excluding hydrogens is 353 g/mol. The van der Waals surface area contributed by atoms with Crippen molar-refractivity contribution in [2.24, 2.45) is 0 Å². The molecule has 2 aromatic rings. The molecule has 1 aliphatic rings. The van der Waals surface area contributed by atoms with Crippen LogP contribution in [-0.2, 0) is 0 Å². The van der Waals surface area contributed by atoms with Gasteiger partial charge in [0.05, 0.1) is 10.1 Å². The van der Waals surface area contributed by atoms with Crippen molar-refractivity contribution in [1.29, 1.82) is 0 Å². The Bertz CT molecular complexity index is 719. The molecule has 2 aromatic carbocycles. The Kier molecular flexibility index (Phi) is 5.51. The van der Waals surface area contributed by atoms with Crippen LogP contribution in [0.5, 0.6) is 0 Å². The Morgan fingerprint density at radius 3 is 2.74 bits per heavy atom. The first kappa shape index (κ1) is 16.7. The Balaban J connectivity index is 1.77. The zero-order valence-corrected chi connectivity index (χ0v) is 14.6.